The number of nitrogens with zero attached hydrogens (tertiary/aromatic N) is 1. The molecule has 1 heterocycles. The van der Waals surface area contributed by atoms with Crippen LogP contribution in [0.4, 0.5) is 0 Å². The van der Waals surface area contributed by atoms with Crippen molar-refractivity contribution in [2.24, 2.45) is 11.7 Å². The van der Waals surface area contributed by atoms with Gasteiger partial charge in [0, 0.05) is 18.6 Å². The summed E-state index contributed by atoms with van der Waals surface area (Å²) in [6, 6.07) is 0.393. The number of likely N-dealkylation sites (tertiary alicyclic amines) is 1. The van der Waals surface area contributed by atoms with Crippen molar-refractivity contribution in [2.45, 2.75) is 65.0 Å². The minimum atomic E-state index is -0.0489. The van der Waals surface area contributed by atoms with Gasteiger partial charge in [-0.3, -0.25) is 4.79 Å². The fourth-order valence-corrected chi connectivity index (χ4v) is 2.38. The Morgan fingerprint density at radius 1 is 1.35 bits per heavy atom. The average molecular weight is 263 g/mol. The van der Waals surface area contributed by atoms with Gasteiger partial charge in [0.2, 0.25) is 5.91 Å². The van der Waals surface area contributed by atoms with E-state index in [2.05, 4.69) is 11.8 Å². The van der Waals surface area contributed by atoms with Crippen LogP contribution in [0.1, 0.15) is 52.9 Å². The smallest absolute Gasteiger partial charge is 0.227 e. The number of halogens is 1. The molecule has 0 radical (unpaired) electrons. The normalized spacial score (nSPS) is 24.5. The van der Waals surface area contributed by atoms with Gasteiger partial charge in [-0.2, -0.15) is 0 Å². The van der Waals surface area contributed by atoms with E-state index in [-0.39, 0.29) is 30.3 Å². The minimum absolute atomic E-state index is 0. The molecule has 0 aliphatic carbocycles. The molecule has 3 atom stereocenters. The van der Waals surface area contributed by atoms with E-state index in [1.165, 1.54) is 12.8 Å². The number of carbonyl (C=O) groups is 1. The summed E-state index contributed by atoms with van der Waals surface area (Å²) in [7, 11) is 0. The average Bonchev–Trinajstić information content (AvgIpc) is 2.51. The summed E-state index contributed by atoms with van der Waals surface area (Å²) in [6.45, 7) is 6.97. The monoisotopic (exact) mass is 262 g/mol. The van der Waals surface area contributed by atoms with Crippen LogP contribution in [0.15, 0.2) is 0 Å². The van der Waals surface area contributed by atoms with E-state index in [9.17, 15) is 4.79 Å². The van der Waals surface area contributed by atoms with E-state index in [4.69, 9.17) is 5.73 Å². The summed E-state index contributed by atoms with van der Waals surface area (Å²) in [5.74, 6) is 0.205. The Balaban J connectivity index is 0.00000256. The van der Waals surface area contributed by atoms with Crippen LogP contribution in [0.3, 0.4) is 0 Å². The molecule has 1 aliphatic rings. The maximum atomic E-state index is 12.3. The van der Waals surface area contributed by atoms with Gasteiger partial charge >= 0.3 is 0 Å². The summed E-state index contributed by atoms with van der Waals surface area (Å²) in [4.78, 5) is 14.4. The van der Waals surface area contributed by atoms with Gasteiger partial charge in [-0.05, 0) is 26.2 Å². The molecule has 0 aromatic heterocycles. The van der Waals surface area contributed by atoms with E-state index in [1.807, 2.05) is 13.8 Å². The number of hydrogen-bond acceptors (Lipinski definition) is 2. The van der Waals surface area contributed by atoms with Crippen molar-refractivity contribution in [2.75, 3.05) is 6.54 Å². The van der Waals surface area contributed by atoms with Crippen molar-refractivity contribution in [1.29, 1.82) is 0 Å². The fourth-order valence-electron chi connectivity index (χ4n) is 2.38. The number of carbonyl (C=O) groups excluding carboxylic acids is 1. The fraction of sp³-hybridized carbons (Fsp3) is 0.923. The zero-order valence-electron chi connectivity index (χ0n) is 11.3. The van der Waals surface area contributed by atoms with E-state index < -0.39 is 0 Å². The SMILES string of the molecule is CCC1CCCCCN1C(=O)C(C)C(C)N.Cl. The van der Waals surface area contributed by atoms with Crippen LogP contribution in [-0.4, -0.2) is 29.4 Å². The van der Waals surface area contributed by atoms with Gasteiger partial charge in [-0.25, -0.2) is 0 Å². The van der Waals surface area contributed by atoms with Crippen LogP contribution in [-0.2, 0) is 4.79 Å². The first kappa shape index (κ1) is 16.7. The summed E-state index contributed by atoms with van der Waals surface area (Å²) in [6.07, 6.45) is 5.89. The Bertz CT molecular complexity index is 233. The highest BCUT2D eigenvalue weighted by molar-refractivity contribution is 5.85. The number of hydrogen-bond donors (Lipinski definition) is 1. The number of rotatable bonds is 3. The Morgan fingerprint density at radius 2 is 2.00 bits per heavy atom. The van der Waals surface area contributed by atoms with Crippen molar-refractivity contribution >= 4 is 18.3 Å². The molecule has 1 rings (SSSR count). The van der Waals surface area contributed by atoms with E-state index in [1.54, 1.807) is 0 Å². The van der Waals surface area contributed by atoms with Gasteiger partial charge in [0.25, 0.3) is 0 Å². The summed E-state index contributed by atoms with van der Waals surface area (Å²) in [5, 5.41) is 0. The predicted octanol–water partition coefficient (Wildman–Crippen LogP) is 2.57. The molecular formula is C13H27ClN2O. The second-order valence-electron chi connectivity index (χ2n) is 5.09. The third-order valence-corrected chi connectivity index (χ3v) is 3.81. The molecule has 3 unspecified atom stereocenters. The Labute approximate surface area is 112 Å². The largest absolute Gasteiger partial charge is 0.339 e. The third-order valence-electron chi connectivity index (χ3n) is 3.81. The predicted molar refractivity (Wildman–Crippen MR) is 74.3 cm³/mol. The van der Waals surface area contributed by atoms with Crippen LogP contribution in [0.25, 0.3) is 0 Å². The number of amides is 1. The lowest BCUT2D eigenvalue weighted by Gasteiger charge is -2.32. The zero-order chi connectivity index (χ0) is 12.1. The van der Waals surface area contributed by atoms with Gasteiger partial charge < -0.3 is 10.6 Å². The van der Waals surface area contributed by atoms with Crippen LogP contribution >= 0.6 is 12.4 Å². The molecule has 1 aliphatic heterocycles. The van der Waals surface area contributed by atoms with E-state index in [0.29, 0.717) is 6.04 Å². The highest BCUT2D eigenvalue weighted by Crippen LogP contribution is 2.21. The zero-order valence-corrected chi connectivity index (χ0v) is 12.1. The van der Waals surface area contributed by atoms with Crippen LogP contribution in [0.5, 0.6) is 0 Å². The van der Waals surface area contributed by atoms with Crippen molar-refractivity contribution in [3.63, 3.8) is 0 Å². The quantitative estimate of drug-likeness (QED) is 0.850. The standard InChI is InChI=1S/C13H26N2O.ClH/c1-4-12-8-6-5-7-9-15(12)13(16)10(2)11(3)14;/h10-12H,4-9,14H2,1-3H3;1H. The first-order valence-electron chi connectivity index (χ1n) is 6.64. The van der Waals surface area contributed by atoms with Gasteiger partial charge in [0.1, 0.15) is 0 Å². The third kappa shape index (κ3) is 4.47. The Kier molecular flexibility index (Phi) is 7.80. The van der Waals surface area contributed by atoms with Crippen molar-refractivity contribution in [3.05, 3.63) is 0 Å². The molecule has 0 spiro atoms. The first-order chi connectivity index (χ1) is 7.57. The molecule has 102 valence electrons. The molecule has 1 fully saturated rings. The number of nitrogens with two attached hydrogens (primary N) is 1. The summed E-state index contributed by atoms with van der Waals surface area (Å²) >= 11 is 0. The Hall–Kier alpha value is -0.280. The Morgan fingerprint density at radius 3 is 2.53 bits per heavy atom. The molecular weight excluding hydrogens is 236 g/mol. The second kappa shape index (κ2) is 7.93. The molecule has 4 heteroatoms. The van der Waals surface area contributed by atoms with Crippen molar-refractivity contribution in [3.8, 4) is 0 Å². The van der Waals surface area contributed by atoms with E-state index in [0.717, 1.165) is 25.8 Å². The van der Waals surface area contributed by atoms with Crippen LogP contribution in [0, 0.1) is 5.92 Å². The van der Waals surface area contributed by atoms with Gasteiger partial charge in [-0.15, -0.1) is 12.4 Å². The lowest BCUT2D eigenvalue weighted by molar-refractivity contribution is -0.137. The highest BCUT2D eigenvalue weighted by Gasteiger charge is 2.28. The van der Waals surface area contributed by atoms with Gasteiger partial charge in [-0.1, -0.05) is 26.7 Å². The molecule has 2 N–H and O–H groups in total. The van der Waals surface area contributed by atoms with Crippen molar-refractivity contribution < 1.29 is 4.79 Å². The molecule has 3 nitrogen and oxygen atoms in total. The van der Waals surface area contributed by atoms with Gasteiger partial charge in [0.15, 0.2) is 0 Å². The first-order valence-corrected chi connectivity index (χ1v) is 6.64. The molecule has 17 heavy (non-hydrogen) atoms. The van der Waals surface area contributed by atoms with E-state index >= 15 is 0 Å². The molecule has 0 aromatic rings. The topological polar surface area (TPSA) is 46.3 Å². The van der Waals surface area contributed by atoms with Crippen molar-refractivity contribution in [1.82, 2.24) is 4.90 Å². The van der Waals surface area contributed by atoms with Crippen LogP contribution < -0.4 is 5.73 Å². The molecule has 0 aromatic carbocycles. The molecule has 1 amide bonds. The molecule has 0 bridgehead atoms. The maximum Gasteiger partial charge on any atom is 0.227 e. The highest BCUT2D eigenvalue weighted by atomic mass is 35.5. The lowest BCUT2D eigenvalue weighted by atomic mass is 10.0. The van der Waals surface area contributed by atoms with Gasteiger partial charge in [0.05, 0.1) is 5.92 Å². The maximum absolute atomic E-state index is 12.3. The summed E-state index contributed by atoms with van der Waals surface area (Å²) < 4.78 is 0. The second-order valence-corrected chi connectivity index (χ2v) is 5.09. The molecule has 0 saturated carbocycles. The minimum Gasteiger partial charge on any atom is -0.339 e. The summed E-state index contributed by atoms with van der Waals surface area (Å²) in [5.41, 5.74) is 5.82. The van der Waals surface area contributed by atoms with Crippen LogP contribution in [0.2, 0.25) is 0 Å². The molecule has 1 saturated heterocycles. The lowest BCUT2D eigenvalue weighted by Crippen LogP contribution is -2.46.